The van der Waals surface area contributed by atoms with Gasteiger partial charge in [0.1, 0.15) is 0 Å². The lowest BCUT2D eigenvalue weighted by atomic mass is 9.40. The first-order valence-corrected chi connectivity index (χ1v) is 16.5. The van der Waals surface area contributed by atoms with E-state index in [1.807, 2.05) is 0 Å². The summed E-state index contributed by atoms with van der Waals surface area (Å²) in [6.45, 7) is 11.4. The minimum atomic E-state index is -0.586. The molecule has 4 heteroatoms. The zero-order valence-electron chi connectivity index (χ0n) is 25.2. The number of carbonyl (C=O) groups excluding carboxylic acids is 2. The SMILES string of the molecule is CCCCCCCCCCCCCC(=O)O[C@@H]1C(=O)C[C@]2(C)[C@H](CC[C@@]34C[C@@H](CC[C@@H]23)[C@]2(C)O[C@H]42)C1(C)C. The van der Waals surface area contributed by atoms with Gasteiger partial charge in [0.05, 0.1) is 11.7 Å². The molecule has 0 unspecified atom stereocenters. The zero-order chi connectivity index (χ0) is 27.2. The van der Waals surface area contributed by atoms with Gasteiger partial charge in [0.25, 0.3) is 0 Å². The van der Waals surface area contributed by atoms with Gasteiger partial charge < -0.3 is 9.47 Å². The van der Waals surface area contributed by atoms with E-state index in [4.69, 9.17) is 9.47 Å². The Morgan fingerprint density at radius 3 is 2.16 bits per heavy atom. The minimum absolute atomic E-state index is 0.0140. The van der Waals surface area contributed by atoms with Gasteiger partial charge in [-0.15, -0.1) is 0 Å². The van der Waals surface area contributed by atoms with Crippen LogP contribution in [0.25, 0.3) is 0 Å². The van der Waals surface area contributed by atoms with E-state index in [1.54, 1.807) is 0 Å². The van der Waals surface area contributed by atoms with Crippen LogP contribution in [-0.2, 0) is 19.1 Å². The molecule has 4 nitrogen and oxygen atoms in total. The van der Waals surface area contributed by atoms with Gasteiger partial charge in [0, 0.05) is 23.7 Å². The van der Waals surface area contributed by atoms with Crippen LogP contribution in [0.1, 0.15) is 150 Å². The van der Waals surface area contributed by atoms with Crippen LogP contribution in [0.15, 0.2) is 0 Å². The van der Waals surface area contributed by atoms with Crippen LogP contribution in [0.2, 0.25) is 0 Å². The van der Waals surface area contributed by atoms with Gasteiger partial charge >= 0.3 is 5.97 Å². The molecule has 0 aromatic heterocycles. The van der Waals surface area contributed by atoms with Gasteiger partial charge in [-0.1, -0.05) is 91.9 Å². The van der Waals surface area contributed by atoms with E-state index in [0.29, 0.717) is 36.7 Å². The van der Waals surface area contributed by atoms with E-state index in [1.165, 1.54) is 83.5 Å². The third-order valence-electron chi connectivity index (χ3n) is 12.4. The Bertz CT molecular complexity index is 880. The second-order valence-electron chi connectivity index (χ2n) is 15.2. The minimum Gasteiger partial charge on any atom is -0.454 e. The molecule has 1 spiro atoms. The molecule has 1 aliphatic heterocycles. The Balaban J connectivity index is 1.09. The fourth-order valence-electron chi connectivity index (χ4n) is 10.6. The Labute approximate surface area is 232 Å². The molecule has 4 aliphatic carbocycles. The van der Waals surface area contributed by atoms with Crippen molar-refractivity contribution in [3.8, 4) is 0 Å². The summed E-state index contributed by atoms with van der Waals surface area (Å²) in [7, 11) is 0. The highest BCUT2D eigenvalue weighted by molar-refractivity contribution is 5.88. The molecule has 0 aromatic rings. The van der Waals surface area contributed by atoms with Gasteiger partial charge in [0.15, 0.2) is 11.9 Å². The first kappa shape index (κ1) is 28.6. The van der Waals surface area contributed by atoms with Crippen LogP contribution in [-0.4, -0.2) is 29.6 Å². The van der Waals surface area contributed by atoms with Crippen molar-refractivity contribution >= 4 is 11.8 Å². The van der Waals surface area contributed by atoms with Gasteiger partial charge in [-0.05, 0) is 68.6 Å². The highest BCUT2D eigenvalue weighted by atomic mass is 16.6. The van der Waals surface area contributed by atoms with E-state index in [0.717, 1.165) is 19.3 Å². The molecule has 1 heterocycles. The van der Waals surface area contributed by atoms with Crippen LogP contribution >= 0.6 is 0 Å². The van der Waals surface area contributed by atoms with E-state index in [9.17, 15) is 9.59 Å². The van der Waals surface area contributed by atoms with Gasteiger partial charge in [-0.3, -0.25) is 9.59 Å². The van der Waals surface area contributed by atoms with Crippen molar-refractivity contribution in [3.63, 3.8) is 0 Å². The average molecular weight is 529 g/mol. The van der Waals surface area contributed by atoms with Gasteiger partial charge in [0.2, 0.25) is 0 Å². The lowest BCUT2D eigenvalue weighted by molar-refractivity contribution is -0.204. The van der Waals surface area contributed by atoms with E-state index in [-0.39, 0.29) is 33.6 Å². The van der Waals surface area contributed by atoms with Gasteiger partial charge in [-0.2, -0.15) is 0 Å². The Kier molecular flexibility index (Phi) is 8.15. The molecule has 5 rings (SSSR count). The highest BCUT2D eigenvalue weighted by Gasteiger charge is 2.79. The molecule has 0 radical (unpaired) electrons. The molecule has 4 saturated carbocycles. The topological polar surface area (TPSA) is 55.9 Å². The molecule has 1 saturated heterocycles. The van der Waals surface area contributed by atoms with Crippen molar-refractivity contribution in [2.75, 3.05) is 0 Å². The third-order valence-corrected chi connectivity index (χ3v) is 12.4. The number of epoxide rings is 1. The summed E-state index contributed by atoms with van der Waals surface area (Å²) in [6, 6.07) is 0. The Hall–Kier alpha value is -0.900. The fourth-order valence-corrected chi connectivity index (χ4v) is 10.6. The largest absolute Gasteiger partial charge is 0.454 e. The first-order chi connectivity index (χ1) is 18.1. The van der Waals surface area contributed by atoms with Crippen molar-refractivity contribution in [1.82, 2.24) is 0 Å². The number of hydrogen-bond donors (Lipinski definition) is 0. The summed E-state index contributed by atoms with van der Waals surface area (Å²) in [5.41, 5.74) is 0.0534. The average Bonchev–Trinajstić information content (AvgIpc) is 3.54. The normalized spacial score (nSPS) is 42.2. The van der Waals surface area contributed by atoms with E-state index >= 15 is 0 Å². The van der Waals surface area contributed by atoms with Crippen LogP contribution in [0, 0.1) is 34.0 Å². The maximum atomic E-state index is 13.7. The van der Waals surface area contributed by atoms with Gasteiger partial charge in [-0.25, -0.2) is 0 Å². The Morgan fingerprint density at radius 1 is 0.868 bits per heavy atom. The van der Waals surface area contributed by atoms with Crippen molar-refractivity contribution in [3.05, 3.63) is 0 Å². The lowest BCUT2D eigenvalue weighted by Gasteiger charge is -2.64. The smallest absolute Gasteiger partial charge is 0.306 e. The maximum Gasteiger partial charge on any atom is 0.306 e. The molecule has 2 bridgehead atoms. The van der Waals surface area contributed by atoms with Crippen molar-refractivity contribution < 1.29 is 19.1 Å². The zero-order valence-corrected chi connectivity index (χ0v) is 25.2. The molecule has 0 amide bonds. The summed E-state index contributed by atoms with van der Waals surface area (Å²) in [5, 5.41) is 0. The molecule has 38 heavy (non-hydrogen) atoms. The third kappa shape index (κ3) is 4.81. The molecular weight excluding hydrogens is 472 g/mol. The maximum absolute atomic E-state index is 13.7. The number of carbonyl (C=O) groups is 2. The monoisotopic (exact) mass is 528 g/mol. The molecule has 0 aromatic carbocycles. The first-order valence-electron chi connectivity index (χ1n) is 16.5. The predicted molar refractivity (Wildman–Crippen MR) is 152 cm³/mol. The molecule has 5 aliphatic rings. The summed E-state index contributed by atoms with van der Waals surface area (Å²) in [5.74, 6) is 1.67. The molecule has 8 atom stereocenters. The van der Waals surface area contributed by atoms with Crippen LogP contribution in [0.5, 0.6) is 0 Å². The van der Waals surface area contributed by atoms with Crippen molar-refractivity contribution in [2.45, 2.75) is 168 Å². The van der Waals surface area contributed by atoms with E-state index in [2.05, 4.69) is 34.6 Å². The lowest BCUT2D eigenvalue weighted by Crippen LogP contribution is -2.63. The number of ether oxygens (including phenoxy) is 2. The number of rotatable bonds is 13. The molecular formula is C34H56O4. The van der Waals surface area contributed by atoms with E-state index < -0.39 is 6.10 Å². The second kappa shape index (κ2) is 10.8. The van der Waals surface area contributed by atoms with Crippen LogP contribution in [0.3, 0.4) is 0 Å². The van der Waals surface area contributed by atoms with Crippen LogP contribution < -0.4 is 0 Å². The fraction of sp³-hybridized carbons (Fsp3) is 0.941. The Morgan fingerprint density at radius 2 is 1.50 bits per heavy atom. The number of esters is 1. The summed E-state index contributed by atoms with van der Waals surface area (Å²) in [4.78, 5) is 26.6. The number of ketones is 1. The molecule has 5 fully saturated rings. The highest BCUT2D eigenvalue weighted by Crippen LogP contribution is 2.77. The predicted octanol–water partition coefficient (Wildman–Crippen LogP) is 8.59. The quantitative estimate of drug-likeness (QED) is 0.136. The summed E-state index contributed by atoms with van der Waals surface area (Å²) in [6.07, 6.45) is 20.9. The van der Waals surface area contributed by atoms with Crippen molar-refractivity contribution in [1.29, 1.82) is 0 Å². The number of Topliss-reactive ketones (excluding diaryl/α,β-unsaturated/α-hetero) is 1. The number of fused-ring (bicyclic) bond motifs is 5. The molecule has 216 valence electrons. The molecule has 0 N–H and O–H groups in total. The second-order valence-corrected chi connectivity index (χ2v) is 15.2. The summed E-state index contributed by atoms with van der Waals surface area (Å²) >= 11 is 0. The summed E-state index contributed by atoms with van der Waals surface area (Å²) < 4.78 is 12.4. The number of unbranched alkanes of at least 4 members (excludes halogenated alkanes) is 10. The standard InChI is InChI=1S/C34H56O4/c1-6-7-8-9-10-11-12-13-14-15-16-17-28(36)37-29-25(35)23-32(4)26(31(29,2)3)20-21-34-22-24(18-19-27(32)34)33(5)30(34)38-33/h24,26-27,29-30H,6-23H2,1-5H3/t24-,26-,27+,29-,30+,32-,33+,34-/m1/s1. The van der Waals surface area contributed by atoms with Crippen LogP contribution in [0.4, 0.5) is 0 Å². The number of hydrogen-bond acceptors (Lipinski definition) is 4. The van der Waals surface area contributed by atoms with Crippen molar-refractivity contribution in [2.24, 2.45) is 34.0 Å².